The molecule has 6 heteroatoms. The Morgan fingerprint density at radius 3 is 2.80 bits per heavy atom. The van der Waals surface area contributed by atoms with Crippen LogP contribution in [-0.2, 0) is 17.7 Å². The highest BCUT2D eigenvalue weighted by Gasteiger charge is 2.27. The van der Waals surface area contributed by atoms with Gasteiger partial charge in [-0.05, 0) is 30.5 Å². The summed E-state index contributed by atoms with van der Waals surface area (Å²) in [6.45, 7) is 3.21. The molecule has 25 heavy (non-hydrogen) atoms. The molecule has 1 aliphatic heterocycles. The van der Waals surface area contributed by atoms with Crippen molar-refractivity contribution in [1.82, 2.24) is 14.9 Å². The van der Waals surface area contributed by atoms with Gasteiger partial charge >= 0.3 is 5.97 Å². The Hall–Kier alpha value is -2.31. The zero-order valence-corrected chi connectivity index (χ0v) is 14.4. The maximum Gasteiger partial charge on any atom is 0.335 e. The predicted molar refractivity (Wildman–Crippen MR) is 93.6 cm³/mol. The van der Waals surface area contributed by atoms with Crippen molar-refractivity contribution in [2.24, 2.45) is 0 Å². The first kappa shape index (κ1) is 17.5. The van der Waals surface area contributed by atoms with Crippen molar-refractivity contribution in [2.45, 2.75) is 25.3 Å². The fourth-order valence-corrected chi connectivity index (χ4v) is 3.32. The summed E-state index contributed by atoms with van der Waals surface area (Å²) in [5.41, 5.74) is 2.43. The minimum Gasteiger partial charge on any atom is -0.478 e. The van der Waals surface area contributed by atoms with E-state index in [4.69, 9.17) is 4.74 Å². The van der Waals surface area contributed by atoms with Crippen LogP contribution < -0.4 is 0 Å². The van der Waals surface area contributed by atoms with Gasteiger partial charge in [0.2, 0.25) is 0 Å². The van der Waals surface area contributed by atoms with E-state index in [0.29, 0.717) is 18.6 Å². The number of rotatable bonds is 7. The highest BCUT2D eigenvalue weighted by Crippen LogP contribution is 2.30. The maximum absolute atomic E-state index is 11.4. The van der Waals surface area contributed by atoms with E-state index in [0.717, 1.165) is 43.0 Å². The van der Waals surface area contributed by atoms with Gasteiger partial charge < -0.3 is 9.84 Å². The van der Waals surface area contributed by atoms with Crippen LogP contribution in [0.2, 0.25) is 0 Å². The van der Waals surface area contributed by atoms with E-state index in [-0.39, 0.29) is 5.92 Å². The third kappa shape index (κ3) is 4.41. The highest BCUT2D eigenvalue weighted by molar-refractivity contribution is 5.89. The summed E-state index contributed by atoms with van der Waals surface area (Å²) < 4.78 is 5.03. The molecule has 0 radical (unpaired) electrons. The summed E-state index contributed by atoms with van der Waals surface area (Å²) in [4.78, 5) is 22.5. The van der Waals surface area contributed by atoms with Crippen LogP contribution in [-0.4, -0.2) is 52.7 Å². The van der Waals surface area contributed by atoms with Gasteiger partial charge in [-0.3, -0.25) is 4.90 Å². The number of carboxylic acid groups (broad SMARTS) is 1. The summed E-state index contributed by atoms with van der Waals surface area (Å²) in [6, 6.07) is 7.32. The van der Waals surface area contributed by atoms with Crippen LogP contribution in [0.15, 0.2) is 36.7 Å². The first-order valence-corrected chi connectivity index (χ1v) is 8.50. The van der Waals surface area contributed by atoms with E-state index in [1.807, 2.05) is 24.5 Å². The van der Waals surface area contributed by atoms with Crippen LogP contribution in [0.5, 0.6) is 0 Å². The van der Waals surface area contributed by atoms with Crippen molar-refractivity contribution in [3.63, 3.8) is 0 Å². The highest BCUT2D eigenvalue weighted by atomic mass is 16.5. The molecule has 0 amide bonds. The number of ether oxygens (including phenoxy) is 1. The Labute approximate surface area is 147 Å². The van der Waals surface area contributed by atoms with Crippen molar-refractivity contribution in [1.29, 1.82) is 0 Å². The number of nitrogens with zero attached hydrogens (tertiary/aromatic N) is 3. The van der Waals surface area contributed by atoms with Gasteiger partial charge in [-0.2, -0.15) is 0 Å². The normalized spacial score (nSPS) is 17.7. The number of benzene rings is 1. The number of hydrogen-bond donors (Lipinski definition) is 1. The van der Waals surface area contributed by atoms with Gasteiger partial charge in [-0.15, -0.1) is 0 Å². The van der Waals surface area contributed by atoms with Gasteiger partial charge in [0.05, 0.1) is 12.2 Å². The number of aromatic carboxylic acids is 1. The molecule has 1 aromatic heterocycles. The lowest BCUT2D eigenvalue weighted by molar-refractivity contribution is 0.0695. The van der Waals surface area contributed by atoms with E-state index in [1.54, 1.807) is 19.2 Å². The Morgan fingerprint density at radius 1 is 1.32 bits per heavy atom. The molecule has 1 saturated heterocycles. The van der Waals surface area contributed by atoms with E-state index in [9.17, 15) is 9.90 Å². The Kier molecular flexibility index (Phi) is 5.73. The first-order chi connectivity index (χ1) is 12.2. The van der Waals surface area contributed by atoms with Crippen molar-refractivity contribution < 1.29 is 14.6 Å². The third-order valence-electron chi connectivity index (χ3n) is 4.60. The molecule has 1 unspecified atom stereocenters. The van der Waals surface area contributed by atoms with E-state index in [1.165, 1.54) is 0 Å². The fraction of sp³-hybridized carbons (Fsp3) is 0.421. The van der Waals surface area contributed by atoms with Crippen LogP contribution >= 0.6 is 0 Å². The molecule has 1 N–H and O–H groups in total. The molecule has 1 fully saturated rings. The summed E-state index contributed by atoms with van der Waals surface area (Å²) in [6.07, 6.45) is 5.43. The largest absolute Gasteiger partial charge is 0.478 e. The van der Waals surface area contributed by atoms with Gasteiger partial charge in [-0.25, -0.2) is 14.8 Å². The second-order valence-electron chi connectivity index (χ2n) is 6.36. The fourth-order valence-electron chi connectivity index (χ4n) is 3.32. The molecule has 0 aliphatic carbocycles. The molecule has 132 valence electrons. The van der Waals surface area contributed by atoms with Crippen LogP contribution in [0.3, 0.4) is 0 Å². The van der Waals surface area contributed by atoms with Crippen LogP contribution in [0.4, 0.5) is 0 Å². The zero-order valence-electron chi connectivity index (χ0n) is 14.4. The van der Waals surface area contributed by atoms with Crippen molar-refractivity contribution in [3.8, 4) is 0 Å². The van der Waals surface area contributed by atoms with Crippen LogP contribution in [0.25, 0.3) is 0 Å². The quantitative estimate of drug-likeness (QED) is 0.833. The zero-order chi connectivity index (χ0) is 17.6. The molecular formula is C19H23N3O3. The minimum atomic E-state index is -0.853. The lowest BCUT2D eigenvalue weighted by atomic mass is 9.93. The van der Waals surface area contributed by atoms with E-state index >= 15 is 0 Å². The second-order valence-corrected chi connectivity index (χ2v) is 6.36. The molecule has 2 heterocycles. The van der Waals surface area contributed by atoms with E-state index < -0.39 is 5.97 Å². The lowest BCUT2D eigenvalue weighted by Gasteiger charge is -2.17. The molecular weight excluding hydrogens is 318 g/mol. The molecule has 0 saturated carbocycles. The SMILES string of the molecule is COCCc1ncc(CN2CCC(c3ccccc3C(=O)O)C2)cn1. The Morgan fingerprint density at radius 2 is 2.08 bits per heavy atom. The molecule has 6 nitrogen and oxygen atoms in total. The molecule has 0 spiro atoms. The summed E-state index contributed by atoms with van der Waals surface area (Å²) in [7, 11) is 1.67. The van der Waals surface area contributed by atoms with Gasteiger partial charge in [-0.1, -0.05) is 18.2 Å². The molecule has 1 atom stereocenters. The number of carboxylic acids is 1. The summed E-state index contributed by atoms with van der Waals surface area (Å²) >= 11 is 0. The van der Waals surface area contributed by atoms with Crippen molar-refractivity contribution in [2.75, 3.05) is 26.8 Å². The Bertz CT molecular complexity index is 718. The van der Waals surface area contributed by atoms with Crippen molar-refractivity contribution >= 4 is 5.97 Å². The maximum atomic E-state index is 11.4. The lowest BCUT2D eigenvalue weighted by Crippen LogP contribution is -2.20. The molecule has 1 aliphatic rings. The number of aromatic nitrogens is 2. The van der Waals surface area contributed by atoms with Crippen LogP contribution in [0, 0.1) is 0 Å². The first-order valence-electron chi connectivity index (χ1n) is 8.50. The predicted octanol–water partition coefficient (Wildman–Crippen LogP) is 2.35. The summed E-state index contributed by atoms with van der Waals surface area (Å²) in [5, 5.41) is 9.38. The van der Waals surface area contributed by atoms with Gasteiger partial charge in [0.1, 0.15) is 5.82 Å². The average molecular weight is 341 g/mol. The monoisotopic (exact) mass is 341 g/mol. The molecule has 2 aromatic rings. The van der Waals surface area contributed by atoms with Gasteiger partial charge in [0.25, 0.3) is 0 Å². The molecule has 0 bridgehead atoms. The third-order valence-corrected chi connectivity index (χ3v) is 4.60. The minimum absolute atomic E-state index is 0.259. The number of hydrogen-bond acceptors (Lipinski definition) is 5. The number of methoxy groups -OCH3 is 1. The Balaban J connectivity index is 1.61. The van der Waals surface area contributed by atoms with Crippen molar-refractivity contribution in [3.05, 3.63) is 59.2 Å². The number of likely N-dealkylation sites (tertiary alicyclic amines) is 1. The average Bonchev–Trinajstić information content (AvgIpc) is 3.09. The second kappa shape index (κ2) is 8.18. The standard InChI is InChI=1S/C19H23N3O3/c1-25-9-7-18-20-10-14(11-21-18)12-22-8-6-15(13-22)16-4-2-3-5-17(16)19(23)24/h2-5,10-11,15H,6-9,12-13H2,1H3,(H,23,24). The van der Waals surface area contributed by atoms with Gasteiger partial charge in [0.15, 0.2) is 0 Å². The van der Waals surface area contributed by atoms with Gasteiger partial charge in [0, 0.05) is 44.6 Å². The van der Waals surface area contributed by atoms with E-state index in [2.05, 4.69) is 14.9 Å². The number of carbonyl (C=O) groups is 1. The molecule has 1 aromatic carbocycles. The smallest absolute Gasteiger partial charge is 0.335 e. The van der Waals surface area contributed by atoms with Crippen LogP contribution in [0.1, 0.15) is 39.6 Å². The molecule has 3 rings (SSSR count). The topological polar surface area (TPSA) is 75.5 Å². The summed E-state index contributed by atoms with van der Waals surface area (Å²) in [5.74, 6) is 0.198.